The zero-order valence-corrected chi connectivity index (χ0v) is 10.5. The average molecular weight is 251 g/mol. The number of aliphatic hydroxyl groups excluding tert-OH is 1. The number of hydrogen-bond acceptors (Lipinski definition) is 3. The Morgan fingerprint density at radius 2 is 2.28 bits per heavy atom. The summed E-state index contributed by atoms with van der Waals surface area (Å²) in [5, 5.41) is 9.34. The molecule has 0 spiro atoms. The predicted octanol–water partition coefficient (Wildman–Crippen LogP) is 2.38. The number of hydrogen-bond donors (Lipinski definition) is 1. The van der Waals surface area contributed by atoms with E-state index in [9.17, 15) is 14.3 Å². The van der Waals surface area contributed by atoms with Gasteiger partial charge in [-0.25, -0.2) is 4.39 Å². The van der Waals surface area contributed by atoms with Crippen LogP contribution in [-0.4, -0.2) is 30.1 Å². The molecule has 3 nitrogen and oxygen atoms in total. The van der Waals surface area contributed by atoms with Crippen molar-refractivity contribution in [3.8, 4) is 0 Å². The molecule has 1 saturated heterocycles. The Morgan fingerprint density at radius 1 is 1.50 bits per heavy atom. The molecule has 0 aliphatic carbocycles. The van der Waals surface area contributed by atoms with Gasteiger partial charge in [0.25, 0.3) is 0 Å². The minimum atomic E-state index is -0.386. The zero-order valence-electron chi connectivity index (χ0n) is 10.5. The van der Waals surface area contributed by atoms with Gasteiger partial charge in [-0.15, -0.1) is 0 Å². The number of carbonyl (C=O) groups excluding carboxylic acids is 1. The number of carbonyl (C=O) groups is 1. The van der Waals surface area contributed by atoms with E-state index in [1.54, 1.807) is 12.1 Å². The molecular formula is C14H18FNO2. The monoisotopic (exact) mass is 251 g/mol. The molecule has 0 radical (unpaired) electrons. The van der Waals surface area contributed by atoms with Crippen LogP contribution in [0.15, 0.2) is 18.2 Å². The lowest BCUT2D eigenvalue weighted by molar-refractivity contribution is 0.101. The van der Waals surface area contributed by atoms with Crippen LogP contribution < -0.4 is 4.90 Å². The maximum atomic E-state index is 14.0. The predicted molar refractivity (Wildman–Crippen MR) is 68.5 cm³/mol. The third-order valence-electron chi connectivity index (χ3n) is 3.50. The molecule has 1 aliphatic heterocycles. The molecule has 4 heteroatoms. The fourth-order valence-electron chi connectivity index (χ4n) is 2.47. The molecule has 1 aromatic carbocycles. The Bertz CT molecular complexity index is 447. The van der Waals surface area contributed by atoms with Gasteiger partial charge in [-0.2, -0.15) is 0 Å². The topological polar surface area (TPSA) is 40.5 Å². The average Bonchev–Trinajstić information content (AvgIpc) is 2.38. The van der Waals surface area contributed by atoms with E-state index >= 15 is 0 Å². The van der Waals surface area contributed by atoms with Crippen molar-refractivity contribution in [3.63, 3.8) is 0 Å². The van der Waals surface area contributed by atoms with Crippen LogP contribution >= 0.6 is 0 Å². The number of benzene rings is 1. The van der Waals surface area contributed by atoms with Crippen LogP contribution in [-0.2, 0) is 0 Å². The van der Waals surface area contributed by atoms with Gasteiger partial charge >= 0.3 is 0 Å². The second kappa shape index (κ2) is 5.48. The Balaban J connectivity index is 2.29. The highest BCUT2D eigenvalue weighted by atomic mass is 19.1. The van der Waals surface area contributed by atoms with Crippen LogP contribution in [0.4, 0.5) is 10.1 Å². The first-order valence-corrected chi connectivity index (χ1v) is 6.31. The van der Waals surface area contributed by atoms with E-state index in [-0.39, 0.29) is 24.2 Å². The van der Waals surface area contributed by atoms with Gasteiger partial charge < -0.3 is 10.0 Å². The van der Waals surface area contributed by atoms with Crippen molar-refractivity contribution in [2.75, 3.05) is 18.1 Å². The number of ketones is 1. The first kappa shape index (κ1) is 13.0. The van der Waals surface area contributed by atoms with E-state index in [1.165, 1.54) is 13.0 Å². The van der Waals surface area contributed by atoms with Gasteiger partial charge in [-0.3, -0.25) is 4.79 Å². The highest BCUT2D eigenvalue weighted by Crippen LogP contribution is 2.27. The van der Waals surface area contributed by atoms with E-state index in [1.807, 2.05) is 4.90 Å². The molecule has 0 saturated carbocycles. The molecule has 1 aliphatic rings. The molecule has 1 unspecified atom stereocenters. The summed E-state index contributed by atoms with van der Waals surface area (Å²) in [6.45, 7) is 2.21. The molecular weight excluding hydrogens is 233 g/mol. The minimum absolute atomic E-state index is 0.0172. The largest absolute Gasteiger partial charge is 0.394 e. The number of nitrogens with zero attached hydrogens (tertiary/aromatic N) is 1. The Kier molecular flexibility index (Phi) is 3.97. The summed E-state index contributed by atoms with van der Waals surface area (Å²) in [5.41, 5.74) is 0.868. The van der Waals surface area contributed by atoms with Crippen molar-refractivity contribution < 1.29 is 14.3 Å². The van der Waals surface area contributed by atoms with Gasteiger partial charge in [-0.1, -0.05) is 0 Å². The van der Waals surface area contributed by atoms with Crippen LogP contribution in [0.3, 0.4) is 0 Å². The molecule has 0 bridgehead atoms. The SMILES string of the molecule is CC(=O)c1ccc(N2CCCCC2CO)c(F)c1. The van der Waals surface area contributed by atoms with Crippen molar-refractivity contribution in [2.24, 2.45) is 0 Å². The van der Waals surface area contributed by atoms with Gasteiger partial charge in [0.1, 0.15) is 5.82 Å². The van der Waals surface area contributed by atoms with Crippen molar-refractivity contribution >= 4 is 11.5 Å². The van der Waals surface area contributed by atoms with Crippen molar-refractivity contribution in [3.05, 3.63) is 29.6 Å². The molecule has 1 aromatic rings. The number of anilines is 1. The van der Waals surface area contributed by atoms with Crippen LogP contribution in [0.25, 0.3) is 0 Å². The Labute approximate surface area is 106 Å². The maximum absolute atomic E-state index is 14.0. The molecule has 0 aromatic heterocycles. The van der Waals surface area contributed by atoms with E-state index < -0.39 is 0 Å². The summed E-state index contributed by atoms with van der Waals surface area (Å²) in [6, 6.07) is 4.54. The summed E-state index contributed by atoms with van der Waals surface area (Å²) in [5.74, 6) is -0.527. The number of aliphatic hydroxyl groups is 1. The van der Waals surface area contributed by atoms with Crippen LogP contribution in [0.1, 0.15) is 36.5 Å². The van der Waals surface area contributed by atoms with E-state index in [2.05, 4.69) is 0 Å². The van der Waals surface area contributed by atoms with E-state index in [0.29, 0.717) is 11.3 Å². The summed E-state index contributed by atoms with van der Waals surface area (Å²) in [4.78, 5) is 13.1. The van der Waals surface area contributed by atoms with Crippen LogP contribution in [0.5, 0.6) is 0 Å². The second-order valence-corrected chi connectivity index (χ2v) is 4.75. The zero-order chi connectivity index (χ0) is 13.1. The Hall–Kier alpha value is -1.42. The molecule has 18 heavy (non-hydrogen) atoms. The van der Waals surface area contributed by atoms with Gasteiger partial charge in [0.2, 0.25) is 0 Å². The smallest absolute Gasteiger partial charge is 0.159 e. The van der Waals surface area contributed by atoms with Crippen molar-refractivity contribution in [1.29, 1.82) is 0 Å². The number of halogens is 1. The summed E-state index contributed by atoms with van der Waals surface area (Å²) >= 11 is 0. The second-order valence-electron chi connectivity index (χ2n) is 4.75. The van der Waals surface area contributed by atoms with Crippen LogP contribution in [0.2, 0.25) is 0 Å². The molecule has 1 heterocycles. The summed E-state index contributed by atoms with van der Waals surface area (Å²) in [6.07, 6.45) is 2.95. The fourth-order valence-corrected chi connectivity index (χ4v) is 2.47. The van der Waals surface area contributed by atoms with Gasteiger partial charge in [-0.05, 0) is 44.4 Å². The summed E-state index contributed by atoms with van der Waals surface area (Å²) < 4.78 is 14.0. The highest BCUT2D eigenvalue weighted by molar-refractivity contribution is 5.94. The first-order valence-electron chi connectivity index (χ1n) is 6.31. The lowest BCUT2D eigenvalue weighted by Gasteiger charge is -2.36. The highest BCUT2D eigenvalue weighted by Gasteiger charge is 2.24. The van der Waals surface area contributed by atoms with Crippen molar-refractivity contribution in [1.82, 2.24) is 0 Å². The van der Waals surface area contributed by atoms with E-state index in [0.717, 1.165) is 25.8 Å². The first-order chi connectivity index (χ1) is 8.63. The molecule has 2 rings (SSSR count). The van der Waals surface area contributed by atoms with Crippen molar-refractivity contribution in [2.45, 2.75) is 32.2 Å². The van der Waals surface area contributed by atoms with Gasteiger partial charge in [0.15, 0.2) is 5.78 Å². The normalized spacial score (nSPS) is 19.9. The lowest BCUT2D eigenvalue weighted by Crippen LogP contribution is -2.42. The third kappa shape index (κ3) is 2.53. The fraction of sp³-hybridized carbons (Fsp3) is 0.500. The maximum Gasteiger partial charge on any atom is 0.159 e. The number of piperidine rings is 1. The standard InChI is InChI=1S/C14H18FNO2/c1-10(18)11-5-6-14(13(15)8-11)16-7-3-2-4-12(16)9-17/h5-6,8,12,17H,2-4,7,9H2,1H3. The van der Waals surface area contributed by atoms with Crippen LogP contribution in [0, 0.1) is 5.82 Å². The number of Topliss-reactive ketones (excluding diaryl/α,β-unsaturated/α-hetero) is 1. The third-order valence-corrected chi connectivity index (χ3v) is 3.50. The molecule has 1 atom stereocenters. The number of rotatable bonds is 3. The lowest BCUT2D eigenvalue weighted by atomic mass is 10.0. The van der Waals surface area contributed by atoms with Gasteiger partial charge in [0, 0.05) is 12.1 Å². The molecule has 1 fully saturated rings. The quantitative estimate of drug-likeness (QED) is 0.838. The molecule has 0 amide bonds. The molecule has 1 N–H and O–H groups in total. The summed E-state index contributed by atoms with van der Waals surface area (Å²) in [7, 11) is 0. The Morgan fingerprint density at radius 3 is 2.89 bits per heavy atom. The molecule has 98 valence electrons. The van der Waals surface area contributed by atoms with Gasteiger partial charge in [0.05, 0.1) is 18.3 Å². The van der Waals surface area contributed by atoms with E-state index in [4.69, 9.17) is 0 Å². The minimum Gasteiger partial charge on any atom is -0.394 e.